The van der Waals surface area contributed by atoms with Crippen LogP contribution >= 0.6 is 0 Å². The molecule has 0 spiro atoms. The van der Waals surface area contributed by atoms with Gasteiger partial charge < -0.3 is 9.73 Å². The van der Waals surface area contributed by atoms with Crippen LogP contribution in [-0.2, 0) is 6.54 Å². The number of aryl methyl sites for hydroxylation is 1. The lowest BCUT2D eigenvalue weighted by Gasteiger charge is -2.27. The van der Waals surface area contributed by atoms with Gasteiger partial charge in [0.15, 0.2) is 0 Å². The van der Waals surface area contributed by atoms with E-state index >= 15 is 0 Å². The highest BCUT2D eigenvalue weighted by Crippen LogP contribution is 2.24. The molecule has 0 amide bonds. The Morgan fingerprint density at radius 3 is 2.47 bits per heavy atom. The molecule has 1 N–H and O–H groups in total. The van der Waals surface area contributed by atoms with Crippen molar-refractivity contribution in [1.29, 1.82) is 0 Å². The van der Waals surface area contributed by atoms with Crippen molar-refractivity contribution in [3.05, 3.63) is 23.7 Å². The van der Waals surface area contributed by atoms with E-state index in [0.717, 1.165) is 24.6 Å². The summed E-state index contributed by atoms with van der Waals surface area (Å²) in [6.45, 7) is 12.9. The van der Waals surface area contributed by atoms with Gasteiger partial charge in [-0.05, 0) is 36.9 Å². The van der Waals surface area contributed by atoms with Crippen molar-refractivity contribution < 1.29 is 4.42 Å². The standard InChI is InChI=1S/C13H23NO/c1-10(13(3,4)5)8-14-9-12-7-6-11(2)15-12/h6-7,10,14H,8-9H2,1-5H3. The second kappa shape index (κ2) is 4.84. The Kier molecular flexibility index (Phi) is 3.97. The Balaban J connectivity index is 2.28. The Labute approximate surface area is 93.1 Å². The summed E-state index contributed by atoms with van der Waals surface area (Å²) >= 11 is 0. The monoisotopic (exact) mass is 209 g/mol. The van der Waals surface area contributed by atoms with Gasteiger partial charge in [-0.25, -0.2) is 0 Å². The van der Waals surface area contributed by atoms with Crippen LogP contribution in [0.3, 0.4) is 0 Å². The number of nitrogens with one attached hydrogen (secondary N) is 1. The minimum Gasteiger partial charge on any atom is -0.465 e. The molecule has 2 heteroatoms. The van der Waals surface area contributed by atoms with Gasteiger partial charge in [0.2, 0.25) is 0 Å². The second-order valence-corrected chi connectivity index (χ2v) is 5.41. The molecule has 1 heterocycles. The summed E-state index contributed by atoms with van der Waals surface area (Å²) in [6, 6.07) is 4.04. The molecular weight excluding hydrogens is 186 g/mol. The van der Waals surface area contributed by atoms with Crippen molar-refractivity contribution in [3.8, 4) is 0 Å². The fraction of sp³-hybridized carbons (Fsp3) is 0.692. The Morgan fingerprint density at radius 2 is 2.00 bits per heavy atom. The number of hydrogen-bond donors (Lipinski definition) is 1. The van der Waals surface area contributed by atoms with Crippen LogP contribution in [0.2, 0.25) is 0 Å². The van der Waals surface area contributed by atoms with E-state index < -0.39 is 0 Å². The van der Waals surface area contributed by atoms with Gasteiger partial charge in [-0.15, -0.1) is 0 Å². The average molecular weight is 209 g/mol. The lowest BCUT2D eigenvalue weighted by molar-refractivity contribution is 0.250. The van der Waals surface area contributed by atoms with E-state index in [-0.39, 0.29) is 0 Å². The molecule has 1 aromatic heterocycles. The third kappa shape index (κ3) is 4.08. The molecule has 1 aromatic rings. The van der Waals surface area contributed by atoms with E-state index in [4.69, 9.17) is 4.42 Å². The van der Waals surface area contributed by atoms with Crippen molar-refractivity contribution in [2.75, 3.05) is 6.54 Å². The molecule has 1 rings (SSSR count). The van der Waals surface area contributed by atoms with Crippen molar-refractivity contribution >= 4 is 0 Å². The summed E-state index contributed by atoms with van der Waals surface area (Å²) < 4.78 is 5.49. The third-order valence-electron chi connectivity index (χ3n) is 3.02. The SMILES string of the molecule is Cc1ccc(CNCC(C)C(C)(C)C)o1. The summed E-state index contributed by atoms with van der Waals surface area (Å²) in [5, 5.41) is 3.43. The molecule has 0 aliphatic carbocycles. The van der Waals surface area contributed by atoms with Gasteiger partial charge in [-0.1, -0.05) is 27.7 Å². The molecule has 0 saturated carbocycles. The topological polar surface area (TPSA) is 25.2 Å². The van der Waals surface area contributed by atoms with Gasteiger partial charge in [0, 0.05) is 0 Å². The van der Waals surface area contributed by atoms with Gasteiger partial charge in [0.25, 0.3) is 0 Å². The average Bonchev–Trinajstić information content (AvgIpc) is 2.49. The first-order valence-electron chi connectivity index (χ1n) is 5.65. The lowest BCUT2D eigenvalue weighted by atomic mass is 9.82. The smallest absolute Gasteiger partial charge is 0.117 e. The van der Waals surface area contributed by atoms with E-state index in [1.807, 2.05) is 19.1 Å². The summed E-state index contributed by atoms with van der Waals surface area (Å²) in [6.07, 6.45) is 0. The van der Waals surface area contributed by atoms with E-state index in [1.165, 1.54) is 0 Å². The zero-order valence-electron chi connectivity index (χ0n) is 10.6. The first kappa shape index (κ1) is 12.3. The van der Waals surface area contributed by atoms with Crippen LogP contribution in [0.4, 0.5) is 0 Å². The predicted molar refractivity (Wildman–Crippen MR) is 63.8 cm³/mol. The zero-order valence-corrected chi connectivity index (χ0v) is 10.6. The number of rotatable bonds is 4. The predicted octanol–water partition coefficient (Wildman–Crippen LogP) is 3.36. The lowest BCUT2D eigenvalue weighted by Crippen LogP contribution is -2.29. The summed E-state index contributed by atoms with van der Waals surface area (Å²) in [4.78, 5) is 0. The van der Waals surface area contributed by atoms with Crippen molar-refractivity contribution in [2.24, 2.45) is 11.3 Å². The summed E-state index contributed by atoms with van der Waals surface area (Å²) in [5.74, 6) is 2.66. The van der Waals surface area contributed by atoms with Gasteiger partial charge in [-0.3, -0.25) is 0 Å². The molecular formula is C13H23NO. The fourth-order valence-corrected chi connectivity index (χ4v) is 1.30. The molecule has 2 nitrogen and oxygen atoms in total. The van der Waals surface area contributed by atoms with Crippen molar-refractivity contribution in [3.63, 3.8) is 0 Å². The Morgan fingerprint density at radius 1 is 1.33 bits per heavy atom. The summed E-state index contributed by atoms with van der Waals surface area (Å²) in [5.41, 5.74) is 0.367. The number of furan rings is 1. The number of hydrogen-bond acceptors (Lipinski definition) is 2. The van der Waals surface area contributed by atoms with E-state index in [0.29, 0.717) is 11.3 Å². The quantitative estimate of drug-likeness (QED) is 0.822. The van der Waals surface area contributed by atoms with Gasteiger partial charge >= 0.3 is 0 Å². The second-order valence-electron chi connectivity index (χ2n) is 5.41. The molecule has 0 bridgehead atoms. The highest BCUT2D eigenvalue weighted by atomic mass is 16.3. The highest BCUT2D eigenvalue weighted by Gasteiger charge is 2.19. The maximum Gasteiger partial charge on any atom is 0.117 e. The fourth-order valence-electron chi connectivity index (χ4n) is 1.30. The molecule has 86 valence electrons. The Hall–Kier alpha value is -0.760. The maximum atomic E-state index is 5.49. The van der Waals surface area contributed by atoms with Gasteiger partial charge in [0.1, 0.15) is 11.5 Å². The first-order valence-corrected chi connectivity index (χ1v) is 5.65. The molecule has 0 aromatic carbocycles. The minimum atomic E-state index is 0.367. The van der Waals surface area contributed by atoms with Crippen LogP contribution in [-0.4, -0.2) is 6.54 Å². The highest BCUT2D eigenvalue weighted by molar-refractivity contribution is 5.05. The van der Waals surface area contributed by atoms with Crippen LogP contribution in [0.15, 0.2) is 16.5 Å². The van der Waals surface area contributed by atoms with Crippen LogP contribution in [0, 0.1) is 18.3 Å². The minimum absolute atomic E-state index is 0.367. The third-order valence-corrected chi connectivity index (χ3v) is 3.02. The van der Waals surface area contributed by atoms with Crippen LogP contribution in [0.1, 0.15) is 39.2 Å². The van der Waals surface area contributed by atoms with E-state index in [9.17, 15) is 0 Å². The molecule has 0 fully saturated rings. The molecule has 1 atom stereocenters. The molecule has 1 unspecified atom stereocenters. The normalized spacial score (nSPS) is 14.2. The van der Waals surface area contributed by atoms with Gasteiger partial charge in [-0.2, -0.15) is 0 Å². The van der Waals surface area contributed by atoms with Gasteiger partial charge in [0.05, 0.1) is 6.54 Å². The molecule has 0 aliphatic rings. The maximum absolute atomic E-state index is 5.49. The first-order chi connectivity index (χ1) is 6.89. The molecule has 0 radical (unpaired) electrons. The summed E-state index contributed by atoms with van der Waals surface area (Å²) in [7, 11) is 0. The largest absolute Gasteiger partial charge is 0.465 e. The molecule has 0 aliphatic heterocycles. The van der Waals surface area contributed by atoms with Crippen LogP contribution in [0.5, 0.6) is 0 Å². The van der Waals surface area contributed by atoms with E-state index in [2.05, 4.69) is 33.0 Å². The van der Waals surface area contributed by atoms with E-state index in [1.54, 1.807) is 0 Å². The van der Waals surface area contributed by atoms with Crippen LogP contribution in [0.25, 0.3) is 0 Å². The van der Waals surface area contributed by atoms with Crippen molar-refractivity contribution in [2.45, 2.75) is 41.2 Å². The zero-order chi connectivity index (χ0) is 11.5. The molecule has 0 saturated heterocycles. The van der Waals surface area contributed by atoms with Crippen LogP contribution < -0.4 is 5.32 Å². The Bertz CT molecular complexity index is 296. The van der Waals surface area contributed by atoms with Crippen molar-refractivity contribution in [1.82, 2.24) is 5.32 Å². The molecule has 15 heavy (non-hydrogen) atoms.